The molecule has 0 amide bonds. The summed E-state index contributed by atoms with van der Waals surface area (Å²) in [5.74, 6) is 0.617. The van der Waals surface area contributed by atoms with Gasteiger partial charge in [-0.3, -0.25) is 0 Å². The Bertz CT molecular complexity index is 558. The Labute approximate surface area is 114 Å². The molecule has 2 rings (SSSR count). The summed E-state index contributed by atoms with van der Waals surface area (Å²) in [6.45, 7) is 7.12. The second-order valence-corrected chi connectivity index (χ2v) is 5.96. The zero-order valence-corrected chi connectivity index (χ0v) is 11.8. The van der Waals surface area contributed by atoms with Crippen molar-refractivity contribution >= 4 is 10.8 Å². The van der Waals surface area contributed by atoms with Crippen LogP contribution in [0.15, 0.2) is 30.3 Å². The summed E-state index contributed by atoms with van der Waals surface area (Å²) >= 11 is 0. The predicted octanol–water partition coefficient (Wildman–Crippen LogP) is 3.54. The highest BCUT2D eigenvalue weighted by Crippen LogP contribution is 2.26. The number of hydrogen-bond acceptors (Lipinski definition) is 3. The number of rotatable bonds is 4. The molecule has 0 aliphatic carbocycles. The van der Waals surface area contributed by atoms with Gasteiger partial charge in [-0.05, 0) is 29.4 Å². The first-order valence-corrected chi connectivity index (χ1v) is 6.62. The zero-order chi connectivity index (χ0) is 13.9. The normalized spacial score (nSPS) is 11.8. The van der Waals surface area contributed by atoms with Crippen LogP contribution in [0, 0.1) is 5.41 Å². The largest absolute Gasteiger partial charge is 0.477 e. The van der Waals surface area contributed by atoms with E-state index in [1.165, 1.54) is 0 Å². The standard InChI is InChI=1S/C16H21NO2/c1-16(2,3)8-9-19-15-14-7-5-4-6-12(14)10-13(11-18)17-15/h4-7,10,18H,8-9,11H2,1-3H3. The van der Waals surface area contributed by atoms with Gasteiger partial charge in [0, 0.05) is 5.39 Å². The van der Waals surface area contributed by atoms with Crippen LogP contribution in [-0.4, -0.2) is 16.7 Å². The van der Waals surface area contributed by atoms with Crippen molar-refractivity contribution in [2.45, 2.75) is 33.8 Å². The molecule has 3 nitrogen and oxygen atoms in total. The third-order valence-electron chi connectivity index (χ3n) is 3.01. The van der Waals surface area contributed by atoms with Crippen molar-refractivity contribution in [3.63, 3.8) is 0 Å². The van der Waals surface area contributed by atoms with Crippen molar-refractivity contribution in [3.8, 4) is 5.88 Å². The fraction of sp³-hybridized carbons (Fsp3) is 0.438. The first-order chi connectivity index (χ1) is 8.99. The van der Waals surface area contributed by atoms with Gasteiger partial charge in [-0.25, -0.2) is 4.98 Å². The molecular formula is C16H21NO2. The Morgan fingerprint density at radius 2 is 1.95 bits per heavy atom. The first kappa shape index (κ1) is 13.8. The molecule has 1 aromatic heterocycles. The average Bonchev–Trinajstić information content (AvgIpc) is 2.37. The number of ether oxygens (including phenoxy) is 1. The van der Waals surface area contributed by atoms with Gasteiger partial charge in [0.2, 0.25) is 5.88 Å². The van der Waals surface area contributed by atoms with Crippen molar-refractivity contribution in [3.05, 3.63) is 36.0 Å². The molecular weight excluding hydrogens is 238 g/mol. The molecule has 1 aromatic carbocycles. The molecule has 0 unspecified atom stereocenters. The zero-order valence-electron chi connectivity index (χ0n) is 11.8. The monoisotopic (exact) mass is 259 g/mol. The molecule has 0 saturated carbocycles. The van der Waals surface area contributed by atoms with Crippen LogP contribution in [0.5, 0.6) is 5.88 Å². The van der Waals surface area contributed by atoms with E-state index in [0.717, 1.165) is 17.2 Å². The highest BCUT2D eigenvalue weighted by Gasteiger charge is 2.12. The van der Waals surface area contributed by atoms with E-state index in [1.807, 2.05) is 30.3 Å². The van der Waals surface area contributed by atoms with Gasteiger partial charge in [0.15, 0.2) is 0 Å². The number of hydrogen-bond donors (Lipinski definition) is 1. The first-order valence-electron chi connectivity index (χ1n) is 6.62. The van der Waals surface area contributed by atoms with E-state index in [2.05, 4.69) is 25.8 Å². The Balaban J connectivity index is 2.25. The molecule has 1 N–H and O–H groups in total. The van der Waals surface area contributed by atoms with Crippen LogP contribution in [0.2, 0.25) is 0 Å². The van der Waals surface area contributed by atoms with Gasteiger partial charge in [-0.1, -0.05) is 39.0 Å². The number of pyridine rings is 1. The van der Waals surface area contributed by atoms with Crippen LogP contribution in [0.3, 0.4) is 0 Å². The molecule has 3 heteroatoms. The van der Waals surface area contributed by atoms with E-state index in [-0.39, 0.29) is 12.0 Å². The van der Waals surface area contributed by atoms with Crippen molar-refractivity contribution in [2.75, 3.05) is 6.61 Å². The van der Waals surface area contributed by atoms with Gasteiger partial charge < -0.3 is 9.84 Å². The van der Waals surface area contributed by atoms with Crippen LogP contribution < -0.4 is 4.74 Å². The van der Waals surface area contributed by atoms with Crippen LogP contribution in [-0.2, 0) is 6.61 Å². The van der Waals surface area contributed by atoms with Crippen LogP contribution >= 0.6 is 0 Å². The Kier molecular flexibility index (Phi) is 4.05. The molecule has 102 valence electrons. The van der Waals surface area contributed by atoms with Crippen molar-refractivity contribution in [1.82, 2.24) is 4.98 Å². The number of aromatic nitrogens is 1. The van der Waals surface area contributed by atoms with Gasteiger partial charge >= 0.3 is 0 Å². The van der Waals surface area contributed by atoms with Gasteiger partial charge in [-0.2, -0.15) is 0 Å². The Morgan fingerprint density at radius 3 is 2.63 bits per heavy atom. The smallest absolute Gasteiger partial charge is 0.221 e. The lowest BCUT2D eigenvalue weighted by Gasteiger charge is -2.18. The second-order valence-electron chi connectivity index (χ2n) is 5.96. The molecule has 0 spiro atoms. The summed E-state index contributed by atoms with van der Waals surface area (Å²) in [5.41, 5.74) is 0.883. The third-order valence-corrected chi connectivity index (χ3v) is 3.01. The molecule has 0 radical (unpaired) electrons. The fourth-order valence-electron chi connectivity index (χ4n) is 1.86. The van der Waals surface area contributed by atoms with E-state index in [4.69, 9.17) is 4.74 Å². The van der Waals surface area contributed by atoms with E-state index >= 15 is 0 Å². The average molecular weight is 259 g/mol. The summed E-state index contributed by atoms with van der Waals surface area (Å²) in [6.07, 6.45) is 0.965. The third kappa shape index (κ3) is 3.67. The minimum atomic E-state index is -0.0690. The molecule has 0 bridgehead atoms. The fourth-order valence-corrected chi connectivity index (χ4v) is 1.86. The van der Waals surface area contributed by atoms with Crippen molar-refractivity contribution < 1.29 is 9.84 Å². The topological polar surface area (TPSA) is 42.4 Å². The summed E-state index contributed by atoms with van der Waals surface area (Å²) in [5, 5.41) is 11.3. The second kappa shape index (κ2) is 5.57. The van der Waals surface area contributed by atoms with E-state index in [1.54, 1.807) is 0 Å². The summed E-state index contributed by atoms with van der Waals surface area (Å²) < 4.78 is 5.82. The molecule has 0 aliphatic rings. The van der Waals surface area contributed by atoms with Gasteiger partial charge in [0.05, 0.1) is 18.9 Å². The maximum absolute atomic E-state index is 9.26. The molecule has 2 aromatic rings. The highest BCUT2D eigenvalue weighted by molar-refractivity contribution is 5.87. The number of aliphatic hydroxyl groups excluding tert-OH is 1. The van der Waals surface area contributed by atoms with Gasteiger partial charge in [0.25, 0.3) is 0 Å². The van der Waals surface area contributed by atoms with E-state index < -0.39 is 0 Å². The number of benzene rings is 1. The highest BCUT2D eigenvalue weighted by atomic mass is 16.5. The van der Waals surface area contributed by atoms with E-state index in [9.17, 15) is 5.11 Å². The quantitative estimate of drug-likeness (QED) is 0.913. The Morgan fingerprint density at radius 1 is 1.21 bits per heavy atom. The molecule has 0 saturated heterocycles. The van der Waals surface area contributed by atoms with Crippen LogP contribution in [0.1, 0.15) is 32.9 Å². The van der Waals surface area contributed by atoms with Crippen molar-refractivity contribution in [2.24, 2.45) is 5.41 Å². The molecule has 1 heterocycles. The van der Waals surface area contributed by atoms with Gasteiger partial charge in [-0.15, -0.1) is 0 Å². The Hall–Kier alpha value is -1.61. The van der Waals surface area contributed by atoms with Crippen molar-refractivity contribution in [1.29, 1.82) is 0 Å². The lowest BCUT2D eigenvalue weighted by molar-refractivity contribution is 0.234. The number of aliphatic hydroxyl groups is 1. The maximum atomic E-state index is 9.26. The molecule has 0 atom stereocenters. The van der Waals surface area contributed by atoms with Crippen LogP contribution in [0.4, 0.5) is 0 Å². The molecule has 0 fully saturated rings. The van der Waals surface area contributed by atoms with E-state index in [0.29, 0.717) is 18.2 Å². The summed E-state index contributed by atoms with van der Waals surface area (Å²) in [7, 11) is 0. The van der Waals surface area contributed by atoms with Crippen LogP contribution in [0.25, 0.3) is 10.8 Å². The maximum Gasteiger partial charge on any atom is 0.221 e. The lowest BCUT2D eigenvalue weighted by Crippen LogP contribution is -2.12. The predicted molar refractivity (Wildman–Crippen MR) is 77.2 cm³/mol. The summed E-state index contributed by atoms with van der Waals surface area (Å²) in [4.78, 5) is 4.37. The lowest BCUT2D eigenvalue weighted by atomic mass is 9.93. The number of fused-ring (bicyclic) bond motifs is 1. The minimum Gasteiger partial charge on any atom is -0.477 e. The minimum absolute atomic E-state index is 0.0690. The number of nitrogens with zero attached hydrogens (tertiary/aromatic N) is 1. The summed E-state index contributed by atoms with van der Waals surface area (Å²) in [6, 6.07) is 9.84. The van der Waals surface area contributed by atoms with Gasteiger partial charge in [0.1, 0.15) is 0 Å². The SMILES string of the molecule is CC(C)(C)CCOc1nc(CO)cc2ccccc12. The molecule has 19 heavy (non-hydrogen) atoms. The molecule has 0 aliphatic heterocycles.